The number of benzene rings is 5. The van der Waals surface area contributed by atoms with Crippen molar-refractivity contribution in [2.24, 2.45) is 5.84 Å². The predicted molar refractivity (Wildman–Crippen MR) is 255 cm³/mol. The number of hydrogen-bond acceptors (Lipinski definition) is 15. The highest BCUT2D eigenvalue weighted by Crippen LogP contribution is 2.51. The summed E-state index contributed by atoms with van der Waals surface area (Å²) in [5.41, 5.74) is 5.04. The quantitative estimate of drug-likeness (QED) is 0.0262. The van der Waals surface area contributed by atoms with E-state index in [9.17, 15) is 37.2 Å². The molecule has 3 fully saturated rings. The van der Waals surface area contributed by atoms with Gasteiger partial charge in [-0.05, 0) is 64.2 Å². The number of thioether (sulfide) groups is 1. The maximum atomic E-state index is 15.0. The van der Waals surface area contributed by atoms with E-state index in [2.05, 4.69) is 10.7 Å². The fourth-order valence-corrected chi connectivity index (χ4v) is 10.1. The zero-order chi connectivity index (χ0) is 50.3. The Morgan fingerprint density at radius 2 is 1.31 bits per heavy atom. The lowest BCUT2D eigenvalue weighted by molar-refractivity contribution is -0.159. The molecular formula is C48H48N8O13S2. The van der Waals surface area contributed by atoms with E-state index >= 15 is 0 Å². The number of rotatable bonds is 19. The van der Waals surface area contributed by atoms with Gasteiger partial charge in [-0.2, -0.15) is 8.42 Å². The van der Waals surface area contributed by atoms with Gasteiger partial charge in [0.05, 0.1) is 27.3 Å². The number of esters is 2. The number of carbonyl (C=O) groups excluding carboxylic acids is 6. The second-order valence-corrected chi connectivity index (χ2v) is 19.0. The van der Waals surface area contributed by atoms with Crippen LogP contribution in [0.2, 0.25) is 0 Å². The molecule has 3 aliphatic rings. The highest BCUT2D eigenvalue weighted by atomic mass is 32.2. The number of carbonyl (C=O) groups is 6. The van der Waals surface area contributed by atoms with Crippen LogP contribution in [-0.2, 0) is 52.1 Å². The van der Waals surface area contributed by atoms with Gasteiger partial charge in [0.25, 0.3) is 0 Å². The van der Waals surface area contributed by atoms with E-state index in [1.807, 2.05) is 12.1 Å². The number of fused-ring (bicyclic) bond motifs is 1. The van der Waals surface area contributed by atoms with E-state index in [4.69, 9.17) is 29.5 Å². The Kier molecular flexibility index (Phi) is 15.0. The lowest BCUT2D eigenvalue weighted by Gasteiger charge is -2.41. The Balaban J connectivity index is 1.05. The minimum absolute atomic E-state index is 0.195. The molecule has 2 unspecified atom stereocenters. The van der Waals surface area contributed by atoms with Gasteiger partial charge in [-0.3, -0.25) is 25.1 Å². The van der Waals surface area contributed by atoms with Crippen molar-refractivity contribution in [2.45, 2.75) is 41.5 Å². The summed E-state index contributed by atoms with van der Waals surface area (Å²) < 4.78 is 53.9. The van der Waals surface area contributed by atoms with Crippen LogP contribution in [0.1, 0.15) is 39.8 Å². The van der Waals surface area contributed by atoms with Crippen molar-refractivity contribution < 1.29 is 60.9 Å². The zero-order valence-electron chi connectivity index (χ0n) is 38.1. The first-order valence-corrected chi connectivity index (χ1v) is 24.2. The van der Waals surface area contributed by atoms with Gasteiger partial charge in [0.15, 0.2) is 12.0 Å². The number of nitrogens with one attached hydrogen (secondary N) is 4. The van der Waals surface area contributed by atoms with Crippen molar-refractivity contribution in [2.75, 3.05) is 33.9 Å². The van der Waals surface area contributed by atoms with E-state index in [0.29, 0.717) is 33.9 Å². The van der Waals surface area contributed by atoms with Gasteiger partial charge >= 0.3 is 34.2 Å². The van der Waals surface area contributed by atoms with Gasteiger partial charge in [-0.25, -0.2) is 29.5 Å². The Hall–Kier alpha value is -7.86. The molecule has 3 aliphatic heterocycles. The van der Waals surface area contributed by atoms with E-state index in [1.165, 1.54) is 16.8 Å². The van der Waals surface area contributed by atoms with Crippen molar-refractivity contribution >= 4 is 57.8 Å². The standard InChI is InChI=1S/C48H48N8O13S2/c1-65-35-19-13-30(14-20-35)27-67-37-23-17-32(18-24-37)38(44(59)68-28-31-15-21-36(66-2)22-16-31)41(57)50-39-42(58)54-29-48(70-43(39)54,55-25-26-56(47(55)62)51-46(61)52-71(63,64)53-49)45(60)69-40(33-9-5-3-6-10-33)34-11-7-4-8-12-34/h3-24,38-40,43,53H,25-29,49H2,1-2H3,(H,50,57)(H2,51,52,61)/t38?,39-,43-,48?/m1/s1. The third-order valence-electron chi connectivity index (χ3n) is 11.8. The molecule has 370 valence electrons. The molecule has 3 heterocycles. The van der Waals surface area contributed by atoms with Crippen LogP contribution in [0.3, 0.4) is 0 Å². The molecule has 0 radical (unpaired) electrons. The minimum Gasteiger partial charge on any atom is -0.497 e. The number of ether oxygens (including phenoxy) is 5. The minimum atomic E-state index is -4.48. The second kappa shape index (κ2) is 21.4. The van der Waals surface area contributed by atoms with E-state index in [-0.39, 0.29) is 31.9 Å². The van der Waals surface area contributed by atoms with Crippen molar-refractivity contribution in [3.05, 3.63) is 161 Å². The molecule has 4 atom stereocenters. The maximum absolute atomic E-state index is 15.0. The number of nitrogens with two attached hydrogens (primary N) is 1. The number of hydrogen-bond donors (Lipinski definition) is 5. The van der Waals surface area contributed by atoms with Crippen LogP contribution in [0.25, 0.3) is 0 Å². The average molecular weight is 1010 g/mol. The first kappa shape index (κ1) is 49.6. The van der Waals surface area contributed by atoms with Crippen molar-refractivity contribution in [3.8, 4) is 17.2 Å². The molecule has 0 aliphatic carbocycles. The number of methoxy groups -OCH3 is 2. The molecule has 0 saturated carbocycles. The summed E-state index contributed by atoms with van der Waals surface area (Å²) in [6.45, 7) is -0.833. The summed E-state index contributed by atoms with van der Waals surface area (Å²) >= 11 is 0.865. The molecule has 0 spiro atoms. The summed E-state index contributed by atoms with van der Waals surface area (Å²) in [6.07, 6.45) is -0.988. The molecule has 23 heteroatoms. The summed E-state index contributed by atoms with van der Waals surface area (Å²) in [4.78, 5) is 86.3. The van der Waals surface area contributed by atoms with Crippen LogP contribution in [0.5, 0.6) is 17.2 Å². The monoisotopic (exact) mass is 1010 g/mol. The topological polar surface area (TPSA) is 267 Å². The van der Waals surface area contributed by atoms with E-state index < -0.39 is 80.9 Å². The lowest BCUT2D eigenvalue weighted by Crippen LogP contribution is -2.68. The van der Waals surface area contributed by atoms with Gasteiger partial charge < -0.3 is 33.9 Å². The Labute approximate surface area is 412 Å². The Morgan fingerprint density at radius 3 is 1.87 bits per heavy atom. The molecule has 5 aromatic carbocycles. The van der Waals surface area contributed by atoms with Crippen LogP contribution in [0.4, 0.5) is 9.59 Å². The molecule has 0 bridgehead atoms. The third kappa shape index (κ3) is 11.0. The van der Waals surface area contributed by atoms with Crippen LogP contribution in [0, 0.1) is 0 Å². The van der Waals surface area contributed by atoms with Crippen LogP contribution in [0.15, 0.2) is 133 Å². The second-order valence-electron chi connectivity index (χ2n) is 16.2. The van der Waals surface area contributed by atoms with Crippen molar-refractivity contribution in [1.82, 2.24) is 35.1 Å². The molecule has 5 aromatic rings. The van der Waals surface area contributed by atoms with E-state index in [0.717, 1.165) is 27.2 Å². The van der Waals surface area contributed by atoms with Gasteiger partial charge in [-0.15, -0.1) is 4.83 Å². The molecule has 6 N–H and O–H groups in total. The van der Waals surface area contributed by atoms with Crippen LogP contribution >= 0.6 is 11.8 Å². The predicted octanol–water partition coefficient (Wildman–Crippen LogP) is 3.20. The molecule has 71 heavy (non-hydrogen) atoms. The molecular weight excluding hydrogens is 961 g/mol. The number of amides is 6. The summed E-state index contributed by atoms with van der Waals surface area (Å²) in [6, 6.07) is 34.5. The number of nitrogens with zero attached hydrogens (tertiary/aromatic N) is 3. The maximum Gasteiger partial charge on any atom is 0.348 e. The highest BCUT2D eigenvalue weighted by molar-refractivity contribution is 8.02. The van der Waals surface area contributed by atoms with Gasteiger partial charge in [0.1, 0.15) is 41.9 Å². The highest BCUT2D eigenvalue weighted by Gasteiger charge is 2.67. The van der Waals surface area contributed by atoms with Crippen LogP contribution in [-0.4, -0.2) is 109 Å². The third-order valence-corrected chi connectivity index (χ3v) is 14.2. The number of β-lactam (4-membered cyclic amide) rings is 1. The van der Waals surface area contributed by atoms with Gasteiger partial charge in [-0.1, -0.05) is 109 Å². The SMILES string of the molecule is COc1ccc(COC(=O)C(C(=O)N[C@@H]2C(=O)N3CC(C(=O)OC(c4ccccc4)c4ccccc4)(N4CCN(NC(=O)NS(=O)(=O)NN)C4=O)S[C@H]23)c2ccc(OCc3ccc(OC)cc3)cc2)cc1. The molecule has 8 rings (SSSR count). The Morgan fingerprint density at radius 1 is 0.746 bits per heavy atom. The normalized spacial score (nSPS) is 18.7. The van der Waals surface area contributed by atoms with Crippen molar-refractivity contribution in [1.29, 1.82) is 0 Å². The molecule has 6 amide bonds. The Bertz CT molecular complexity index is 2830. The van der Waals surface area contributed by atoms with Crippen molar-refractivity contribution in [3.63, 3.8) is 0 Å². The molecule has 21 nitrogen and oxygen atoms in total. The van der Waals surface area contributed by atoms with Gasteiger partial charge in [0, 0.05) is 6.54 Å². The summed E-state index contributed by atoms with van der Waals surface area (Å²) in [5.74, 6) is 1.74. The van der Waals surface area contributed by atoms with Crippen LogP contribution < -0.4 is 40.3 Å². The fraction of sp³-hybridized carbons (Fsp3) is 0.250. The zero-order valence-corrected chi connectivity index (χ0v) is 39.7. The average Bonchev–Trinajstić information content (AvgIpc) is 3.95. The number of hydrazine groups is 2. The summed E-state index contributed by atoms with van der Waals surface area (Å²) in [5, 5.41) is 2.53. The number of urea groups is 2. The lowest BCUT2D eigenvalue weighted by atomic mass is 9.96. The first-order valence-electron chi connectivity index (χ1n) is 21.9. The molecule has 3 saturated heterocycles. The first-order chi connectivity index (χ1) is 34.2. The smallest absolute Gasteiger partial charge is 0.348 e. The molecule has 0 aromatic heterocycles. The fourth-order valence-electron chi connectivity index (χ4n) is 8.09. The van der Waals surface area contributed by atoms with E-state index in [1.54, 1.807) is 133 Å². The largest absolute Gasteiger partial charge is 0.497 e. The van der Waals surface area contributed by atoms with Gasteiger partial charge in [0.2, 0.25) is 16.7 Å². The summed E-state index contributed by atoms with van der Waals surface area (Å²) in [7, 11) is -1.39.